The fourth-order valence-electron chi connectivity index (χ4n) is 3.52. The van der Waals surface area contributed by atoms with Gasteiger partial charge in [0.25, 0.3) is 5.91 Å². The highest BCUT2D eigenvalue weighted by molar-refractivity contribution is 6.35. The smallest absolute Gasteiger partial charge is 0.256 e. The fraction of sp³-hybridized carbons (Fsp3) is 0.185. The first-order valence-corrected chi connectivity index (χ1v) is 11.8. The van der Waals surface area contributed by atoms with Crippen molar-refractivity contribution in [3.63, 3.8) is 0 Å². The van der Waals surface area contributed by atoms with Crippen LogP contribution in [0.4, 0.5) is 5.82 Å². The van der Waals surface area contributed by atoms with Crippen LogP contribution in [0.15, 0.2) is 72.8 Å². The van der Waals surface area contributed by atoms with Gasteiger partial charge in [0, 0.05) is 27.4 Å². The first kappa shape index (κ1) is 23.9. The predicted octanol–water partition coefficient (Wildman–Crippen LogP) is 6.94. The third-order valence-corrected chi connectivity index (χ3v) is 6.07. The minimum Gasteiger partial charge on any atom is -0.489 e. The first-order valence-electron chi connectivity index (χ1n) is 11.0. The standard InChI is InChI=1S/C27H25Cl2N3O2/c1-3-19-7-11-24(12-8-19)34-17-20-5-4-6-21(14-20)27(33)30-26-13-18(2)32(31-26)16-22-9-10-23(28)15-25(22)29/h4-15H,3,16-17H2,1-2H3,(H,30,31,33). The van der Waals surface area contributed by atoms with Crippen LogP contribution in [0.2, 0.25) is 10.0 Å². The van der Waals surface area contributed by atoms with E-state index in [9.17, 15) is 4.79 Å². The SMILES string of the molecule is CCc1ccc(OCc2cccc(C(=O)Nc3cc(C)n(Cc4ccc(Cl)cc4Cl)n3)c2)cc1. The van der Waals surface area contributed by atoms with E-state index in [1.165, 1.54) is 5.56 Å². The van der Waals surface area contributed by atoms with Gasteiger partial charge in [-0.3, -0.25) is 9.48 Å². The zero-order valence-corrected chi connectivity index (χ0v) is 20.5. The van der Waals surface area contributed by atoms with Gasteiger partial charge in [0.1, 0.15) is 12.4 Å². The number of hydrogen-bond donors (Lipinski definition) is 1. The van der Waals surface area contributed by atoms with Crippen LogP contribution in [0.1, 0.15) is 39.7 Å². The van der Waals surface area contributed by atoms with E-state index in [1.54, 1.807) is 22.9 Å². The molecule has 7 heteroatoms. The van der Waals surface area contributed by atoms with E-state index >= 15 is 0 Å². The van der Waals surface area contributed by atoms with E-state index in [0.29, 0.717) is 34.6 Å². The third kappa shape index (κ3) is 5.99. The van der Waals surface area contributed by atoms with Gasteiger partial charge in [-0.25, -0.2) is 0 Å². The summed E-state index contributed by atoms with van der Waals surface area (Å²) in [5.74, 6) is 1.04. The maximum atomic E-state index is 12.8. The number of carbonyl (C=O) groups excluding carboxylic acids is 1. The Bertz CT molecular complexity index is 1300. The number of carbonyl (C=O) groups is 1. The van der Waals surface area contributed by atoms with Crippen molar-refractivity contribution >= 4 is 34.9 Å². The maximum Gasteiger partial charge on any atom is 0.256 e. The zero-order valence-electron chi connectivity index (χ0n) is 19.0. The molecule has 0 aliphatic heterocycles. The van der Waals surface area contributed by atoms with Crippen LogP contribution < -0.4 is 10.1 Å². The van der Waals surface area contributed by atoms with Crippen molar-refractivity contribution in [1.82, 2.24) is 9.78 Å². The summed E-state index contributed by atoms with van der Waals surface area (Å²) < 4.78 is 7.66. The minimum absolute atomic E-state index is 0.233. The van der Waals surface area contributed by atoms with Gasteiger partial charge in [-0.1, -0.05) is 60.5 Å². The van der Waals surface area contributed by atoms with E-state index in [4.69, 9.17) is 27.9 Å². The van der Waals surface area contributed by atoms with Crippen LogP contribution in [-0.2, 0) is 19.6 Å². The van der Waals surface area contributed by atoms with Crippen LogP contribution in [0.5, 0.6) is 5.75 Å². The first-order chi connectivity index (χ1) is 16.4. The number of aromatic nitrogens is 2. The molecule has 3 aromatic carbocycles. The van der Waals surface area contributed by atoms with Crippen molar-refractivity contribution < 1.29 is 9.53 Å². The van der Waals surface area contributed by atoms with Crippen LogP contribution in [0.3, 0.4) is 0 Å². The normalized spacial score (nSPS) is 10.8. The largest absolute Gasteiger partial charge is 0.489 e. The molecule has 0 unspecified atom stereocenters. The van der Waals surface area contributed by atoms with Gasteiger partial charge in [-0.2, -0.15) is 5.10 Å². The Balaban J connectivity index is 1.40. The molecule has 0 saturated carbocycles. The summed E-state index contributed by atoms with van der Waals surface area (Å²) in [6, 6.07) is 22.6. The molecule has 1 heterocycles. The molecule has 0 radical (unpaired) electrons. The lowest BCUT2D eigenvalue weighted by atomic mass is 10.1. The van der Waals surface area contributed by atoms with Gasteiger partial charge in [-0.15, -0.1) is 0 Å². The molecule has 0 atom stereocenters. The van der Waals surface area contributed by atoms with Gasteiger partial charge in [0.2, 0.25) is 0 Å². The summed E-state index contributed by atoms with van der Waals surface area (Å²) in [4.78, 5) is 12.8. The summed E-state index contributed by atoms with van der Waals surface area (Å²) in [5, 5.41) is 8.55. The van der Waals surface area contributed by atoms with Gasteiger partial charge in [-0.05, 0) is 66.4 Å². The number of hydrogen-bond acceptors (Lipinski definition) is 3. The van der Waals surface area contributed by atoms with Crippen LogP contribution in [-0.4, -0.2) is 15.7 Å². The maximum absolute atomic E-state index is 12.8. The number of rotatable bonds is 8. The lowest BCUT2D eigenvalue weighted by Gasteiger charge is -2.09. The van der Waals surface area contributed by atoms with E-state index in [1.807, 2.05) is 49.4 Å². The monoisotopic (exact) mass is 493 g/mol. The Morgan fingerprint density at radius 2 is 1.79 bits per heavy atom. The second kappa shape index (κ2) is 10.8. The Morgan fingerprint density at radius 1 is 1.00 bits per heavy atom. The Morgan fingerprint density at radius 3 is 2.53 bits per heavy atom. The van der Waals surface area contributed by atoms with Crippen molar-refractivity contribution in [3.05, 3.63) is 111 Å². The van der Waals surface area contributed by atoms with Gasteiger partial charge >= 0.3 is 0 Å². The number of anilines is 1. The quantitative estimate of drug-likeness (QED) is 0.289. The number of amides is 1. The van der Waals surface area contributed by atoms with Crippen molar-refractivity contribution in [2.24, 2.45) is 0 Å². The summed E-state index contributed by atoms with van der Waals surface area (Å²) in [6.45, 7) is 4.90. The average Bonchev–Trinajstić information content (AvgIpc) is 3.18. The molecular weight excluding hydrogens is 469 g/mol. The molecule has 0 spiro atoms. The number of nitrogens with one attached hydrogen (secondary N) is 1. The molecule has 4 rings (SSSR count). The number of ether oxygens (including phenoxy) is 1. The lowest BCUT2D eigenvalue weighted by Crippen LogP contribution is -2.13. The fourth-order valence-corrected chi connectivity index (χ4v) is 3.99. The molecule has 0 saturated heterocycles. The van der Waals surface area contributed by atoms with E-state index in [0.717, 1.165) is 29.0 Å². The van der Waals surface area contributed by atoms with Crippen molar-refractivity contribution in [1.29, 1.82) is 0 Å². The molecule has 1 N–H and O–H groups in total. The van der Waals surface area contributed by atoms with Crippen LogP contribution in [0, 0.1) is 6.92 Å². The van der Waals surface area contributed by atoms with Crippen molar-refractivity contribution in [2.75, 3.05) is 5.32 Å². The molecule has 0 aliphatic carbocycles. The predicted molar refractivity (Wildman–Crippen MR) is 137 cm³/mol. The number of halogens is 2. The number of benzene rings is 3. The zero-order chi connectivity index (χ0) is 24.1. The van der Waals surface area contributed by atoms with Crippen LogP contribution in [0.25, 0.3) is 0 Å². The highest BCUT2D eigenvalue weighted by atomic mass is 35.5. The highest BCUT2D eigenvalue weighted by Gasteiger charge is 2.12. The molecule has 4 aromatic rings. The summed E-state index contributed by atoms with van der Waals surface area (Å²) in [7, 11) is 0. The molecule has 0 fully saturated rings. The lowest BCUT2D eigenvalue weighted by molar-refractivity contribution is 0.102. The van der Waals surface area contributed by atoms with Gasteiger partial charge in [0.15, 0.2) is 5.82 Å². The Kier molecular flexibility index (Phi) is 7.56. The van der Waals surface area contributed by atoms with E-state index in [2.05, 4.69) is 29.5 Å². The van der Waals surface area contributed by atoms with Crippen molar-refractivity contribution in [3.8, 4) is 5.75 Å². The molecule has 34 heavy (non-hydrogen) atoms. The van der Waals surface area contributed by atoms with Gasteiger partial charge < -0.3 is 10.1 Å². The number of nitrogens with zero attached hydrogens (tertiary/aromatic N) is 2. The second-order valence-electron chi connectivity index (χ2n) is 8.01. The summed E-state index contributed by atoms with van der Waals surface area (Å²) in [6.07, 6.45) is 0.990. The number of aryl methyl sites for hydroxylation is 2. The third-order valence-electron chi connectivity index (χ3n) is 5.48. The van der Waals surface area contributed by atoms with Gasteiger partial charge in [0.05, 0.1) is 6.54 Å². The molecule has 0 aliphatic rings. The Labute approximate surface area is 209 Å². The van der Waals surface area contributed by atoms with Crippen molar-refractivity contribution in [2.45, 2.75) is 33.4 Å². The molecule has 1 aromatic heterocycles. The Hall–Kier alpha value is -3.28. The molecular formula is C27H25Cl2N3O2. The average molecular weight is 494 g/mol. The summed E-state index contributed by atoms with van der Waals surface area (Å²) in [5.41, 5.74) is 4.51. The van der Waals surface area contributed by atoms with Crippen LogP contribution >= 0.6 is 23.2 Å². The second-order valence-corrected chi connectivity index (χ2v) is 8.85. The molecule has 5 nitrogen and oxygen atoms in total. The molecule has 174 valence electrons. The van der Waals surface area contributed by atoms with E-state index < -0.39 is 0 Å². The minimum atomic E-state index is -0.233. The topological polar surface area (TPSA) is 56.1 Å². The molecule has 1 amide bonds. The highest BCUT2D eigenvalue weighted by Crippen LogP contribution is 2.23. The molecule has 0 bridgehead atoms. The van der Waals surface area contributed by atoms with E-state index in [-0.39, 0.29) is 5.91 Å². The summed E-state index contributed by atoms with van der Waals surface area (Å²) >= 11 is 12.3.